The lowest BCUT2D eigenvalue weighted by Gasteiger charge is -2.00. The van der Waals surface area contributed by atoms with E-state index in [0.717, 1.165) is 15.7 Å². The molecule has 1 aromatic heterocycles. The number of carbonyl (C=O) groups is 1. The van der Waals surface area contributed by atoms with E-state index in [-0.39, 0.29) is 5.82 Å². The lowest BCUT2D eigenvalue weighted by molar-refractivity contribution is 0.111. The van der Waals surface area contributed by atoms with Crippen molar-refractivity contribution >= 4 is 22.2 Å². The number of halogens is 1. The first-order chi connectivity index (χ1) is 7.29. The van der Waals surface area contributed by atoms with Gasteiger partial charge in [-0.3, -0.25) is 4.79 Å². The highest BCUT2D eigenvalue weighted by molar-refractivity contribution is 9.10. The molecule has 0 bridgehead atoms. The van der Waals surface area contributed by atoms with Gasteiger partial charge in [-0.2, -0.15) is 0 Å². The average molecular weight is 263 g/mol. The number of nitrogens with zero attached hydrogens (tertiary/aromatic N) is 2. The van der Waals surface area contributed by atoms with Gasteiger partial charge in [-0.05, 0) is 18.2 Å². The van der Waals surface area contributed by atoms with Crippen LogP contribution in [-0.4, -0.2) is 16.3 Å². The van der Waals surface area contributed by atoms with Crippen LogP contribution in [0.15, 0.2) is 41.0 Å². The maximum Gasteiger partial charge on any atom is 0.193 e. The second-order valence-electron chi connectivity index (χ2n) is 2.92. The summed E-state index contributed by atoms with van der Waals surface area (Å²) in [5, 5.41) is 0. The molecule has 0 fully saturated rings. The minimum absolute atomic E-state index is 0.204. The van der Waals surface area contributed by atoms with Crippen molar-refractivity contribution in [2.24, 2.45) is 0 Å². The van der Waals surface area contributed by atoms with Crippen molar-refractivity contribution in [2.75, 3.05) is 0 Å². The summed E-state index contributed by atoms with van der Waals surface area (Å²) >= 11 is 3.36. The third-order valence-corrected chi connectivity index (χ3v) is 2.45. The van der Waals surface area contributed by atoms with Gasteiger partial charge in [-0.1, -0.05) is 28.1 Å². The molecule has 0 radical (unpaired) electrons. The number of aldehydes is 1. The Bertz CT molecular complexity index is 482. The maximum atomic E-state index is 10.5. The van der Waals surface area contributed by atoms with E-state index in [2.05, 4.69) is 25.9 Å². The van der Waals surface area contributed by atoms with E-state index in [1.54, 1.807) is 12.3 Å². The molecule has 74 valence electrons. The van der Waals surface area contributed by atoms with Crippen molar-refractivity contribution in [1.29, 1.82) is 0 Å². The molecule has 2 aromatic rings. The van der Waals surface area contributed by atoms with Crippen LogP contribution < -0.4 is 0 Å². The van der Waals surface area contributed by atoms with Gasteiger partial charge in [-0.25, -0.2) is 9.97 Å². The first-order valence-electron chi connectivity index (χ1n) is 4.34. The Kier molecular flexibility index (Phi) is 2.87. The molecule has 0 amide bonds. The molecule has 0 spiro atoms. The lowest BCUT2D eigenvalue weighted by Crippen LogP contribution is -1.93. The van der Waals surface area contributed by atoms with Gasteiger partial charge >= 0.3 is 0 Å². The topological polar surface area (TPSA) is 42.9 Å². The predicted octanol–water partition coefficient (Wildman–Crippen LogP) is 2.72. The monoisotopic (exact) mass is 262 g/mol. The summed E-state index contributed by atoms with van der Waals surface area (Å²) in [4.78, 5) is 18.4. The summed E-state index contributed by atoms with van der Waals surface area (Å²) < 4.78 is 1.01. The lowest BCUT2D eigenvalue weighted by atomic mass is 10.1. The predicted molar refractivity (Wildman–Crippen MR) is 60.6 cm³/mol. The highest BCUT2D eigenvalue weighted by Gasteiger charge is 2.00. The molecule has 0 saturated carbocycles. The van der Waals surface area contributed by atoms with E-state index in [1.807, 2.05) is 24.3 Å². The van der Waals surface area contributed by atoms with E-state index in [9.17, 15) is 4.79 Å². The molecule has 2 rings (SSSR count). The number of hydrogen-bond donors (Lipinski definition) is 0. The molecule has 0 aliphatic carbocycles. The van der Waals surface area contributed by atoms with Gasteiger partial charge in [0.2, 0.25) is 0 Å². The number of carbonyl (C=O) groups excluding carboxylic acids is 1. The van der Waals surface area contributed by atoms with E-state index in [4.69, 9.17) is 0 Å². The van der Waals surface area contributed by atoms with Crippen LogP contribution >= 0.6 is 15.9 Å². The molecular weight excluding hydrogens is 256 g/mol. The van der Waals surface area contributed by atoms with Crippen LogP contribution in [0.3, 0.4) is 0 Å². The molecule has 0 aliphatic heterocycles. The Balaban J connectivity index is 2.44. The number of benzene rings is 1. The van der Waals surface area contributed by atoms with Gasteiger partial charge in [-0.15, -0.1) is 0 Å². The highest BCUT2D eigenvalue weighted by Crippen LogP contribution is 2.19. The first-order valence-corrected chi connectivity index (χ1v) is 5.13. The molecule has 0 N–H and O–H groups in total. The van der Waals surface area contributed by atoms with E-state index < -0.39 is 0 Å². The molecule has 0 saturated heterocycles. The van der Waals surface area contributed by atoms with Crippen molar-refractivity contribution in [2.45, 2.75) is 0 Å². The van der Waals surface area contributed by atoms with E-state index >= 15 is 0 Å². The quantitative estimate of drug-likeness (QED) is 0.782. The molecule has 0 unspecified atom stereocenters. The number of hydrogen-bond acceptors (Lipinski definition) is 3. The van der Waals surface area contributed by atoms with Crippen LogP contribution in [0.2, 0.25) is 0 Å². The molecule has 4 heteroatoms. The average Bonchev–Trinajstić information content (AvgIpc) is 2.30. The molecule has 1 heterocycles. The maximum absolute atomic E-state index is 10.5. The second kappa shape index (κ2) is 4.31. The fourth-order valence-electron chi connectivity index (χ4n) is 1.21. The minimum atomic E-state index is 0.204. The van der Waals surface area contributed by atoms with Crippen LogP contribution in [-0.2, 0) is 0 Å². The Morgan fingerprint density at radius 1 is 1.13 bits per heavy atom. The number of rotatable bonds is 2. The largest absolute Gasteiger partial charge is 0.294 e. The SMILES string of the molecule is O=Cc1nccc(-c2ccc(Br)cc2)n1. The summed E-state index contributed by atoms with van der Waals surface area (Å²) in [5.41, 5.74) is 1.71. The zero-order chi connectivity index (χ0) is 10.7. The standard InChI is InChI=1S/C11H7BrN2O/c12-9-3-1-8(2-4-9)10-5-6-13-11(7-15)14-10/h1-7H. The molecule has 1 aromatic carbocycles. The number of aromatic nitrogens is 2. The van der Waals surface area contributed by atoms with Gasteiger partial charge in [0.25, 0.3) is 0 Å². The van der Waals surface area contributed by atoms with Gasteiger partial charge in [0.05, 0.1) is 5.69 Å². The van der Waals surface area contributed by atoms with Crippen molar-refractivity contribution in [3.63, 3.8) is 0 Å². The van der Waals surface area contributed by atoms with Crippen molar-refractivity contribution in [3.05, 3.63) is 46.8 Å². The Morgan fingerprint density at radius 2 is 1.87 bits per heavy atom. The summed E-state index contributed by atoms with van der Waals surface area (Å²) in [5.74, 6) is 0.204. The van der Waals surface area contributed by atoms with Crippen molar-refractivity contribution in [1.82, 2.24) is 9.97 Å². The summed E-state index contributed by atoms with van der Waals surface area (Å²) in [6, 6.07) is 9.49. The molecular formula is C11H7BrN2O. The molecule has 15 heavy (non-hydrogen) atoms. The van der Waals surface area contributed by atoms with Crippen LogP contribution in [0.4, 0.5) is 0 Å². The zero-order valence-corrected chi connectivity index (χ0v) is 9.31. The third-order valence-electron chi connectivity index (χ3n) is 1.92. The summed E-state index contributed by atoms with van der Waals surface area (Å²) in [6.07, 6.45) is 2.22. The van der Waals surface area contributed by atoms with Crippen LogP contribution in [0.5, 0.6) is 0 Å². The fraction of sp³-hybridized carbons (Fsp3) is 0. The van der Waals surface area contributed by atoms with Gasteiger partial charge in [0.15, 0.2) is 12.1 Å². The van der Waals surface area contributed by atoms with Gasteiger partial charge in [0.1, 0.15) is 0 Å². The summed E-state index contributed by atoms with van der Waals surface area (Å²) in [7, 11) is 0. The third kappa shape index (κ3) is 2.27. The van der Waals surface area contributed by atoms with Gasteiger partial charge < -0.3 is 0 Å². The summed E-state index contributed by atoms with van der Waals surface area (Å²) in [6.45, 7) is 0. The Labute approximate surface area is 95.3 Å². The minimum Gasteiger partial charge on any atom is -0.294 e. The van der Waals surface area contributed by atoms with E-state index in [0.29, 0.717) is 6.29 Å². The van der Waals surface area contributed by atoms with Crippen molar-refractivity contribution < 1.29 is 4.79 Å². The van der Waals surface area contributed by atoms with Crippen molar-refractivity contribution in [3.8, 4) is 11.3 Å². The van der Waals surface area contributed by atoms with E-state index in [1.165, 1.54) is 0 Å². The van der Waals surface area contributed by atoms with Crippen LogP contribution in [0.1, 0.15) is 10.6 Å². The van der Waals surface area contributed by atoms with Crippen LogP contribution in [0, 0.1) is 0 Å². The molecule has 0 atom stereocenters. The fourth-order valence-corrected chi connectivity index (χ4v) is 1.48. The normalized spacial score (nSPS) is 9.93. The molecule has 3 nitrogen and oxygen atoms in total. The highest BCUT2D eigenvalue weighted by atomic mass is 79.9. The second-order valence-corrected chi connectivity index (χ2v) is 3.84. The zero-order valence-electron chi connectivity index (χ0n) is 7.72. The molecule has 0 aliphatic rings. The Morgan fingerprint density at radius 3 is 2.53 bits per heavy atom. The van der Waals surface area contributed by atoms with Gasteiger partial charge in [0, 0.05) is 16.2 Å². The first kappa shape index (κ1) is 9.98. The Hall–Kier alpha value is -1.55. The smallest absolute Gasteiger partial charge is 0.193 e. The van der Waals surface area contributed by atoms with Crippen LogP contribution in [0.25, 0.3) is 11.3 Å².